The van der Waals surface area contributed by atoms with E-state index in [0.717, 1.165) is 5.75 Å². The van der Waals surface area contributed by atoms with Crippen LogP contribution in [0.4, 0.5) is 0 Å². The van der Waals surface area contributed by atoms with Gasteiger partial charge in [0.25, 0.3) is 0 Å². The van der Waals surface area contributed by atoms with Gasteiger partial charge in [-0.3, -0.25) is 0 Å². The highest BCUT2D eigenvalue weighted by molar-refractivity contribution is 5.80. The molecule has 0 aliphatic rings. The quantitative estimate of drug-likeness (QED) is 0.664. The van der Waals surface area contributed by atoms with Crippen molar-refractivity contribution in [3.05, 3.63) is 66.9 Å². The van der Waals surface area contributed by atoms with Gasteiger partial charge in [0.15, 0.2) is 6.23 Å². The number of nitrogens with zero attached hydrogens (tertiary/aromatic N) is 1. The van der Waals surface area contributed by atoms with Crippen molar-refractivity contribution in [1.29, 1.82) is 0 Å². The Morgan fingerprint density at radius 1 is 0.889 bits per heavy atom. The first-order valence-corrected chi connectivity index (χ1v) is 6.12. The van der Waals surface area contributed by atoms with Gasteiger partial charge in [-0.25, -0.2) is 0 Å². The first-order valence-electron chi connectivity index (χ1n) is 6.12. The van der Waals surface area contributed by atoms with Crippen molar-refractivity contribution < 1.29 is 4.74 Å². The van der Waals surface area contributed by atoms with Crippen molar-refractivity contribution in [2.24, 2.45) is 0 Å². The molecule has 0 saturated carbocycles. The zero-order valence-corrected chi connectivity index (χ0v) is 10.3. The van der Waals surface area contributed by atoms with E-state index in [2.05, 4.69) is 42.0 Å². The number of hydrogen-bond acceptors (Lipinski definition) is 1. The molecule has 3 aromatic rings. The number of fused-ring (bicyclic) bond motifs is 1. The maximum atomic E-state index is 5.93. The van der Waals surface area contributed by atoms with Crippen LogP contribution in [0.1, 0.15) is 13.2 Å². The SMILES string of the molecule is C[C@@H](Oc1ccccc1)n1ccc2ccccc21. The molecular formula is C16H15NO. The van der Waals surface area contributed by atoms with E-state index in [4.69, 9.17) is 4.74 Å². The Morgan fingerprint density at radius 2 is 1.61 bits per heavy atom. The lowest BCUT2D eigenvalue weighted by atomic mass is 10.2. The van der Waals surface area contributed by atoms with Gasteiger partial charge < -0.3 is 9.30 Å². The molecule has 90 valence electrons. The maximum Gasteiger partial charge on any atom is 0.173 e. The van der Waals surface area contributed by atoms with Crippen LogP contribution in [0.3, 0.4) is 0 Å². The number of para-hydroxylation sites is 2. The van der Waals surface area contributed by atoms with E-state index in [0.29, 0.717) is 0 Å². The van der Waals surface area contributed by atoms with E-state index in [9.17, 15) is 0 Å². The summed E-state index contributed by atoms with van der Waals surface area (Å²) in [5.41, 5.74) is 1.20. The van der Waals surface area contributed by atoms with Gasteiger partial charge in [0.05, 0.1) is 5.52 Å². The van der Waals surface area contributed by atoms with Gasteiger partial charge in [-0.05, 0) is 36.6 Å². The van der Waals surface area contributed by atoms with E-state index in [1.54, 1.807) is 0 Å². The van der Waals surface area contributed by atoms with Gasteiger partial charge in [0.2, 0.25) is 0 Å². The third kappa shape index (κ3) is 1.97. The van der Waals surface area contributed by atoms with Crippen LogP contribution in [0.25, 0.3) is 10.9 Å². The molecule has 1 heterocycles. The molecule has 1 aromatic heterocycles. The van der Waals surface area contributed by atoms with E-state index in [-0.39, 0.29) is 6.23 Å². The van der Waals surface area contributed by atoms with Crippen LogP contribution in [0.5, 0.6) is 5.75 Å². The highest BCUT2D eigenvalue weighted by Gasteiger charge is 2.08. The molecular weight excluding hydrogens is 222 g/mol. The van der Waals surface area contributed by atoms with Crippen molar-refractivity contribution in [3.63, 3.8) is 0 Å². The highest BCUT2D eigenvalue weighted by atomic mass is 16.5. The summed E-state index contributed by atoms with van der Waals surface area (Å²) in [5, 5.41) is 1.24. The largest absolute Gasteiger partial charge is 0.470 e. The van der Waals surface area contributed by atoms with E-state index in [1.807, 2.05) is 36.4 Å². The van der Waals surface area contributed by atoms with E-state index >= 15 is 0 Å². The fraction of sp³-hybridized carbons (Fsp3) is 0.125. The predicted octanol–water partition coefficient (Wildman–Crippen LogP) is 4.24. The Bertz CT molecular complexity index is 642. The number of ether oxygens (including phenoxy) is 1. The van der Waals surface area contributed by atoms with Gasteiger partial charge in [-0.15, -0.1) is 0 Å². The molecule has 0 amide bonds. The second-order valence-electron chi connectivity index (χ2n) is 4.31. The topological polar surface area (TPSA) is 14.2 Å². The van der Waals surface area contributed by atoms with E-state index < -0.39 is 0 Å². The minimum Gasteiger partial charge on any atom is -0.470 e. The Balaban J connectivity index is 1.90. The minimum atomic E-state index is -0.0210. The smallest absolute Gasteiger partial charge is 0.173 e. The van der Waals surface area contributed by atoms with Gasteiger partial charge >= 0.3 is 0 Å². The molecule has 2 aromatic carbocycles. The molecule has 3 rings (SSSR count). The molecule has 0 aliphatic carbocycles. The lowest BCUT2D eigenvalue weighted by Gasteiger charge is -2.17. The van der Waals surface area contributed by atoms with Gasteiger partial charge in [0, 0.05) is 6.20 Å². The molecule has 0 radical (unpaired) electrons. The van der Waals surface area contributed by atoms with Crippen LogP contribution in [-0.4, -0.2) is 4.57 Å². The summed E-state index contributed by atoms with van der Waals surface area (Å²) in [6.07, 6.45) is 2.05. The third-order valence-corrected chi connectivity index (χ3v) is 3.07. The lowest BCUT2D eigenvalue weighted by Crippen LogP contribution is -2.10. The summed E-state index contributed by atoms with van der Waals surface area (Å²) in [5.74, 6) is 0.891. The summed E-state index contributed by atoms with van der Waals surface area (Å²) < 4.78 is 8.07. The predicted molar refractivity (Wildman–Crippen MR) is 73.7 cm³/mol. The molecule has 0 N–H and O–H groups in total. The second kappa shape index (κ2) is 4.57. The number of rotatable bonds is 3. The lowest BCUT2D eigenvalue weighted by molar-refractivity contribution is 0.157. The second-order valence-corrected chi connectivity index (χ2v) is 4.31. The highest BCUT2D eigenvalue weighted by Crippen LogP contribution is 2.22. The van der Waals surface area contributed by atoms with Gasteiger partial charge in [-0.2, -0.15) is 0 Å². The molecule has 0 saturated heterocycles. The number of aromatic nitrogens is 1. The van der Waals surface area contributed by atoms with Crippen LogP contribution in [0, 0.1) is 0 Å². The first kappa shape index (κ1) is 10.9. The van der Waals surface area contributed by atoms with Crippen LogP contribution in [0.2, 0.25) is 0 Å². The van der Waals surface area contributed by atoms with Crippen molar-refractivity contribution >= 4 is 10.9 Å². The summed E-state index contributed by atoms with van der Waals surface area (Å²) >= 11 is 0. The molecule has 0 spiro atoms. The maximum absolute atomic E-state index is 5.93. The molecule has 0 fully saturated rings. The summed E-state index contributed by atoms with van der Waals surface area (Å²) in [7, 11) is 0. The molecule has 0 bridgehead atoms. The van der Waals surface area contributed by atoms with Crippen molar-refractivity contribution in [1.82, 2.24) is 4.57 Å². The summed E-state index contributed by atoms with van der Waals surface area (Å²) in [6.45, 7) is 2.06. The molecule has 0 unspecified atom stereocenters. The molecule has 18 heavy (non-hydrogen) atoms. The van der Waals surface area contributed by atoms with Crippen molar-refractivity contribution in [2.45, 2.75) is 13.2 Å². The Hall–Kier alpha value is -2.22. The Labute approximate surface area is 106 Å². The Morgan fingerprint density at radius 3 is 2.44 bits per heavy atom. The zero-order chi connectivity index (χ0) is 12.4. The molecule has 2 nitrogen and oxygen atoms in total. The fourth-order valence-corrected chi connectivity index (χ4v) is 2.17. The van der Waals surface area contributed by atoms with Gasteiger partial charge in [-0.1, -0.05) is 36.4 Å². The number of benzene rings is 2. The minimum absolute atomic E-state index is 0.0210. The van der Waals surface area contributed by atoms with Crippen LogP contribution in [0.15, 0.2) is 66.9 Å². The normalized spacial score (nSPS) is 12.5. The van der Waals surface area contributed by atoms with Crippen molar-refractivity contribution in [2.75, 3.05) is 0 Å². The summed E-state index contributed by atoms with van der Waals surface area (Å²) in [4.78, 5) is 0. The van der Waals surface area contributed by atoms with E-state index in [1.165, 1.54) is 10.9 Å². The monoisotopic (exact) mass is 237 g/mol. The fourth-order valence-electron chi connectivity index (χ4n) is 2.17. The van der Waals surface area contributed by atoms with Crippen molar-refractivity contribution in [3.8, 4) is 5.75 Å². The zero-order valence-electron chi connectivity index (χ0n) is 10.3. The average Bonchev–Trinajstić information content (AvgIpc) is 2.84. The number of hydrogen-bond donors (Lipinski definition) is 0. The molecule has 1 atom stereocenters. The van der Waals surface area contributed by atoms with Crippen LogP contribution < -0.4 is 4.74 Å². The standard InChI is InChI=1S/C16H15NO/c1-13(18-15-8-3-2-4-9-15)17-12-11-14-7-5-6-10-16(14)17/h2-13H,1H3/t13-/m1/s1. The third-order valence-electron chi connectivity index (χ3n) is 3.07. The molecule has 2 heteroatoms. The van der Waals surface area contributed by atoms with Gasteiger partial charge in [0.1, 0.15) is 5.75 Å². The van der Waals surface area contributed by atoms with Crippen LogP contribution in [-0.2, 0) is 0 Å². The molecule has 0 aliphatic heterocycles. The summed E-state index contributed by atoms with van der Waals surface area (Å²) in [6, 6.07) is 20.3. The average molecular weight is 237 g/mol. The van der Waals surface area contributed by atoms with Crippen LogP contribution >= 0.6 is 0 Å². The Kier molecular flexibility index (Phi) is 2.77. The first-order chi connectivity index (χ1) is 8.84.